The lowest BCUT2D eigenvalue weighted by Crippen LogP contribution is -2.29. The van der Waals surface area contributed by atoms with E-state index in [0.717, 1.165) is 35.0 Å². The zero-order chi connectivity index (χ0) is 13.9. The van der Waals surface area contributed by atoms with Crippen LogP contribution in [0, 0.1) is 5.92 Å². The van der Waals surface area contributed by atoms with Gasteiger partial charge >= 0.3 is 0 Å². The van der Waals surface area contributed by atoms with E-state index in [0.29, 0.717) is 6.42 Å². The highest BCUT2D eigenvalue weighted by molar-refractivity contribution is 9.10. The molecule has 3 heteroatoms. The molecule has 0 bridgehead atoms. The number of hydrogen-bond donors (Lipinski definition) is 0. The van der Waals surface area contributed by atoms with Crippen LogP contribution in [0.4, 0.5) is 0 Å². The third-order valence-electron chi connectivity index (χ3n) is 4.27. The van der Waals surface area contributed by atoms with E-state index in [4.69, 9.17) is 0 Å². The van der Waals surface area contributed by atoms with Gasteiger partial charge in [0.25, 0.3) is 0 Å². The van der Waals surface area contributed by atoms with Crippen LogP contribution >= 0.6 is 15.9 Å². The van der Waals surface area contributed by atoms with Crippen molar-refractivity contribution in [1.82, 2.24) is 4.90 Å². The number of carbonyl (C=O) groups excluding carboxylic acids is 1. The maximum Gasteiger partial charge on any atom is 0.162 e. The van der Waals surface area contributed by atoms with Crippen LogP contribution in [0.15, 0.2) is 28.7 Å². The molecule has 0 N–H and O–H groups in total. The molecule has 0 aromatic heterocycles. The van der Waals surface area contributed by atoms with Crippen molar-refractivity contribution >= 4 is 21.7 Å². The number of Topliss-reactive ketones (excluding diaryl/α,β-unsaturated/α-hetero) is 1. The van der Waals surface area contributed by atoms with Gasteiger partial charge in [0.05, 0.1) is 0 Å². The summed E-state index contributed by atoms with van der Waals surface area (Å²) >= 11 is 3.40. The number of halogens is 1. The van der Waals surface area contributed by atoms with E-state index < -0.39 is 0 Å². The summed E-state index contributed by atoms with van der Waals surface area (Å²) in [6.45, 7) is 2.38. The minimum Gasteiger partial charge on any atom is -0.300 e. The maximum absolute atomic E-state index is 12.1. The molecule has 0 saturated heterocycles. The lowest BCUT2D eigenvalue weighted by molar-refractivity contribution is 0.0973. The molecule has 0 heterocycles. The molecular weight excluding hydrogens is 314 g/mol. The zero-order valence-electron chi connectivity index (χ0n) is 11.9. The van der Waals surface area contributed by atoms with Crippen LogP contribution < -0.4 is 0 Å². The molecule has 0 unspecified atom stereocenters. The number of rotatable bonds is 8. The Bertz CT molecular complexity index is 462. The van der Waals surface area contributed by atoms with Gasteiger partial charge < -0.3 is 4.90 Å². The van der Waals surface area contributed by atoms with Crippen LogP contribution in [0.5, 0.6) is 0 Å². The average molecular weight is 336 g/mol. The van der Waals surface area contributed by atoms with Crippen molar-refractivity contribution in [1.29, 1.82) is 0 Å². The molecule has 1 aromatic carbocycles. The molecule has 1 aromatic rings. The second-order valence-corrected chi connectivity index (χ2v) is 7.12. The fraction of sp³-hybridized carbons (Fsp3) is 0.588. The Labute approximate surface area is 129 Å². The Morgan fingerprint density at radius 2 is 1.85 bits per heavy atom. The summed E-state index contributed by atoms with van der Waals surface area (Å²) in [5.74, 6) is 1.23. The van der Waals surface area contributed by atoms with Gasteiger partial charge in [0.2, 0.25) is 0 Å². The third kappa shape index (κ3) is 4.16. The second-order valence-electron chi connectivity index (χ2n) is 6.20. The van der Waals surface area contributed by atoms with E-state index in [1.807, 2.05) is 24.3 Å². The Morgan fingerprint density at radius 3 is 2.45 bits per heavy atom. The molecule has 20 heavy (non-hydrogen) atoms. The van der Waals surface area contributed by atoms with Gasteiger partial charge in [0.1, 0.15) is 0 Å². The van der Waals surface area contributed by atoms with Crippen LogP contribution in [0.1, 0.15) is 48.9 Å². The largest absolute Gasteiger partial charge is 0.300 e. The molecule has 2 aliphatic carbocycles. The first-order valence-electron chi connectivity index (χ1n) is 7.75. The molecule has 2 nitrogen and oxygen atoms in total. The summed E-state index contributed by atoms with van der Waals surface area (Å²) in [4.78, 5) is 14.8. The second kappa shape index (κ2) is 6.40. The van der Waals surface area contributed by atoms with Crippen molar-refractivity contribution in [3.8, 4) is 0 Å². The lowest BCUT2D eigenvalue weighted by atomic mass is 10.1. The van der Waals surface area contributed by atoms with Crippen LogP contribution in [-0.4, -0.2) is 29.8 Å². The van der Waals surface area contributed by atoms with E-state index in [-0.39, 0.29) is 5.78 Å². The molecule has 2 aliphatic rings. The number of hydrogen-bond acceptors (Lipinski definition) is 2. The number of carbonyl (C=O) groups is 1. The summed E-state index contributed by atoms with van der Waals surface area (Å²) in [6.07, 6.45) is 7.25. The quantitative estimate of drug-likeness (QED) is 0.660. The van der Waals surface area contributed by atoms with E-state index in [2.05, 4.69) is 20.8 Å². The highest BCUT2D eigenvalue weighted by atomic mass is 79.9. The van der Waals surface area contributed by atoms with Gasteiger partial charge in [0, 0.05) is 29.0 Å². The molecule has 2 saturated carbocycles. The van der Waals surface area contributed by atoms with Gasteiger partial charge in [-0.3, -0.25) is 4.79 Å². The fourth-order valence-corrected chi connectivity index (χ4v) is 2.98. The molecule has 108 valence electrons. The summed E-state index contributed by atoms with van der Waals surface area (Å²) in [6, 6.07) is 8.54. The van der Waals surface area contributed by atoms with Crippen LogP contribution in [0.25, 0.3) is 0 Å². The smallest absolute Gasteiger partial charge is 0.162 e. The fourth-order valence-electron chi connectivity index (χ4n) is 2.72. The van der Waals surface area contributed by atoms with Gasteiger partial charge in [-0.05, 0) is 56.7 Å². The predicted octanol–water partition coefficient (Wildman–Crippen LogP) is 4.29. The summed E-state index contributed by atoms with van der Waals surface area (Å²) in [7, 11) is 0. The van der Waals surface area contributed by atoms with E-state index in [1.165, 1.54) is 32.2 Å². The van der Waals surface area contributed by atoms with Gasteiger partial charge in [0.15, 0.2) is 5.78 Å². The minimum absolute atomic E-state index is 0.277. The Balaban J connectivity index is 1.43. The normalized spacial score (nSPS) is 18.5. The molecule has 0 atom stereocenters. The van der Waals surface area contributed by atoms with E-state index in [9.17, 15) is 4.79 Å². The summed E-state index contributed by atoms with van der Waals surface area (Å²) in [5.41, 5.74) is 0.841. The van der Waals surface area contributed by atoms with Crippen LogP contribution in [0.2, 0.25) is 0 Å². The van der Waals surface area contributed by atoms with Crippen molar-refractivity contribution in [2.45, 2.75) is 44.6 Å². The first-order valence-corrected chi connectivity index (χ1v) is 8.54. The van der Waals surface area contributed by atoms with Crippen LogP contribution in [0.3, 0.4) is 0 Å². The van der Waals surface area contributed by atoms with Crippen molar-refractivity contribution in [2.24, 2.45) is 5.92 Å². The van der Waals surface area contributed by atoms with Gasteiger partial charge in [-0.1, -0.05) is 28.1 Å². The highest BCUT2D eigenvalue weighted by Gasteiger charge is 2.33. The first kappa shape index (κ1) is 14.3. The number of ketones is 1. The van der Waals surface area contributed by atoms with Gasteiger partial charge in [-0.2, -0.15) is 0 Å². The summed E-state index contributed by atoms with van der Waals surface area (Å²) < 4.78 is 1.03. The topological polar surface area (TPSA) is 20.3 Å². The molecule has 0 amide bonds. The molecule has 3 rings (SSSR count). The first-order chi connectivity index (χ1) is 9.72. The van der Waals surface area contributed by atoms with Crippen molar-refractivity contribution < 1.29 is 4.79 Å². The maximum atomic E-state index is 12.1. The predicted molar refractivity (Wildman–Crippen MR) is 85.0 cm³/mol. The average Bonchev–Trinajstić information content (AvgIpc) is 3.31. The third-order valence-corrected chi connectivity index (χ3v) is 4.80. The number of nitrogens with zero attached hydrogens (tertiary/aromatic N) is 1. The SMILES string of the molecule is O=C(CCCN(CC1CC1)C1CC1)c1ccc(Br)cc1. The minimum atomic E-state index is 0.277. The lowest BCUT2D eigenvalue weighted by Gasteiger charge is -2.21. The monoisotopic (exact) mass is 335 g/mol. The molecular formula is C17H22BrNO. The number of benzene rings is 1. The Hall–Kier alpha value is -0.670. The highest BCUT2D eigenvalue weighted by Crippen LogP contribution is 2.34. The summed E-state index contributed by atoms with van der Waals surface area (Å²) in [5, 5.41) is 0. The van der Waals surface area contributed by atoms with E-state index >= 15 is 0 Å². The van der Waals surface area contributed by atoms with Crippen LogP contribution in [-0.2, 0) is 0 Å². The molecule has 2 fully saturated rings. The van der Waals surface area contributed by atoms with Crippen molar-refractivity contribution in [3.05, 3.63) is 34.3 Å². The zero-order valence-corrected chi connectivity index (χ0v) is 13.4. The van der Waals surface area contributed by atoms with Gasteiger partial charge in [-0.15, -0.1) is 0 Å². The Kier molecular flexibility index (Phi) is 4.57. The Morgan fingerprint density at radius 1 is 1.15 bits per heavy atom. The van der Waals surface area contributed by atoms with Crippen molar-refractivity contribution in [3.63, 3.8) is 0 Å². The molecule has 0 radical (unpaired) electrons. The van der Waals surface area contributed by atoms with Gasteiger partial charge in [-0.25, -0.2) is 0 Å². The van der Waals surface area contributed by atoms with Crippen molar-refractivity contribution in [2.75, 3.05) is 13.1 Å². The standard InChI is InChI=1S/C17H22BrNO/c18-15-7-5-14(6-8-15)17(20)2-1-11-19(16-9-10-16)12-13-3-4-13/h5-8,13,16H,1-4,9-12H2. The van der Waals surface area contributed by atoms with E-state index in [1.54, 1.807) is 0 Å². The molecule has 0 aliphatic heterocycles. The molecule has 0 spiro atoms.